The number of halogens is 2. The van der Waals surface area contributed by atoms with E-state index in [2.05, 4.69) is 41.3 Å². The molecule has 0 N–H and O–H groups in total. The third-order valence-electron chi connectivity index (χ3n) is 4.28. The molecule has 1 aromatic carbocycles. The molecule has 0 saturated carbocycles. The first-order valence-electron chi connectivity index (χ1n) is 8.95. The number of unbranched alkanes of at least 4 members (excludes halogenated alkanes) is 4. The molecule has 0 unspecified atom stereocenters. The van der Waals surface area contributed by atoms with Crippen LogP contribution < -0.4 is 0 Å². The minimum atomic E-state index is 0.625. The average Bonchev–Trinajstić information content (AvgIpc) is 3.03. The van der Waals surface area contributed by atoms with Crippen LogP contribution in [0.25, 0.3) is 0 Å². The lowest BCUT2D eigenvalue weighted by Gasteiger charge is -2.20. The van der Waals surface area contributed by atoms with Crippen LogP contribution in [0.4, 0.5) is 0 Å². The van der Waals surface area contributed by atoms with E-state index in [0.717, 1.165) is 25.2 Å². The minimum absolute atomic E-state index is 0.625. The second kappa shape index (κ2) is 10.7. The summed E-state index contributed by atoms with van der Waals surface area (Å²) in [6, 6.07) is 5.79. The quantitative estimate of drug-likeness (QED) is 0.364. The number of benzene rings is 1. The molecular weight excluding hydrogens is 339 g/mol. The molecule has 1 aliphatic rings. The van der Waals surface area contributed by atoms with Crippen molar-refractivity contribution in [2.24, 2.45) is 0 Å². The van der Waals surface area contributed by atoms with Gasteiger partial charge in [0.1, 0.15) is 0 Å². The number of nitrogens with zero attached hydrogens (tertiary/aromatic N) is 2. The van der Waals surface area contributed by atoms with E-state index in [1.165, 1.54) is 38.6 Å². The molecule has 2 rings (SSSR count). The van der Waals surface area contributed by atoms with Gasteiger partial charge >= 0.3 is 0 Å². The summed E-state index contributed by atoms with van der Waals surface area (Å²) in [5, 5.41) is 1.29. The largest absolute Gasteiger partial charge is 0.359 e. The van der Waals surface area contributed by atoms with Gasteiger partial charge in [-0.15, -0.1) is 0 Å². The van der Waals surface area contributed by atoms with Crippen LogP contribution in [0.15, 0.2) is 42.8 Å². The zero-order valence-corrected chi connectivity index (χ0v) is 16.1. The van der Waals surface area contributed by atoms with Crippen LogP contribution in [-0.4, -0.2) is 29.6 Å². The van der Waals surface area contributed by atoms with Crippen LogP contribution in [0.2, 0.25) is 10.0 Å². The molecule has 0 spiro atoms. The molecule has 0 amide bonds. The van der Waals surface area contributed by atoms with Gasteiger partial charge in [0.15, 0.2) is 0 Å². The Kier molecular flexibility index (Phi) is 8.55. The van der Waals surface area contributed by atoms with Gasteiger partial charge in [0.05, 0.1) is 16.7 Å². The molecule has 0 aliphatic carbocycles. The normalized spacial score (nSPS) is 14.3. The standard InChI is InChI=1S/C20H28Cl2N2/c1-2-3-4-5-7-13-23-15-16-24(17-23)14-8-6-10-18-11-9-12-19(21)20(18)22/h6,8-9,11-12,15-16H,2-5,7,10,13-14,17H2,1H3. The first-order chi connectivity index (χ1) is 11.7. The second-order valence-electron chi connectivity index (χ2n) is 6.33. The Hall–Kier alpha value is -1.12. The zero-order valence-electron chi connectivity index (χ0n) is 14.6. The van der Waals surface area contributed by atoms with E-state index in [1.54, 1.807) is 0 Å². The first-order valence-corrected chi connectivity index (χ1v) is 9.70. The highest BCUT2D eigenvalue weighted by Gasteiger charge is 2.10. The van der Waals surface area contributed by atoms with Crippen molar-refractivity contribution in [2.45, 2.75) is 45.4 Å². The highest BCUT2D eigenvalue weighted by molar-refractivity contribution is 6.42. The van der Waals surface area contributed by atoms with Crippen molar-refractivity contribution in [1.82, 2.24) is 9.80 Å². The predicted molar refractivity (Wildman–Crippen MR) is 105 cm³/mol. The van der Waals surface area contributed by atoms with E-state index < -0.39 is 0 Å². The maximum atomic E-state index is 6.20. The van der Waals surface area contributed by atoms with Crippen LogP contribution in [0.5, 0.6) is 0 Å². The van der Waals surface area contributed by atoms with Gasteiger partial charge in [-0.25, -0.2) is 0 Å². The van der Waals surface area contributed by atoms with Gasteiger partial charge in [-0.3, -0.25) is 0 Å². The summed E-state index contributed by atoms with van der Waals surface area (Å²) in [6.45, 7) is 5.35. The van der Waals surface area contributed by atoms with E-state index >= 15 is 0 Å². The highest BCUT2D eigenvalue weighted by Crippen LogP contribution is 2.25. The molecule has 24 heavy (non-hydrogen) atoms. The topological polar surface area (TPSA) is 6.48 Å². The van der Waals surface area contributed by atoms with Crippen molar-refractivity contribution in [3.63, 3.8) is 0 Å². The van der Waals surface area contributed by atoms with E-state index in [-0.39, 0.29) is 0 Å². The number of rotatable bonds is 10. The van der Waals surface area contributed by atoms with E-state index in [9.17, 15) is 0 Å². The molecule has 0 aromatic heterocycles. The molecule has 2 nitrogen and oxygen atoms in total. The van der Waals surface area contributed by atoms with Crippen molar-refractivity contribution in [3.05, 3.63) is 58.4 Å². The Bertz CT molecular complexity index is 555. The lowest BCUT2D eigenvalue weighted by atomic mass is 10.1. The third kappa shape index (κ3) is 6.41. The Labute approximate surface area is 156 Å². The smallest absolute Gasteiger partial charge is 0.0896 e. The van der Waals surface area contributed by atoms with Crippen LogP contribution in [-0.2, 0) is 6.42 Å². The zero-order chi connectivity index (χ0) is 17.2. The minimum Gasteiger partial charge on any atom is -0.359 e. The van der Waals surface area contributed by atoms with Gasteiger partial charge in [0.25, 0.3) is 0 Å². The summed E-state index contributed by atoms with van der Waals surface area (Å²) >= 11 is 12.2. The van der Waals surface area contributed by atoms with Gasteiger partial charge in [0, 0.05) is 25.5 Å². The molecule has 1 aromatic rings. The molecule has 0 saturated heterocycles. The molecule has 0 fully saturated rings. The van der Waals surface area contributed by atoms with Crippen molar-refractivity contribution in [1.29, 1.82) is 0 Å². The van der Waals surface area contributed by atoms with Gasteiger partial charge in [-0.2, -0.15) is 0 Å². The fourth-order valence-corrected chi connectivity index (χ4v) is 3.22. The molecule has 1 heterocycles. The number of hydrogen-bond acceptors (Lipinski definition) is 2. The summed E-state index contributed by atoms with van der Waals surface area (Å²) in [7, 11) is 0. The lowest BCUT2D eigenvalue weighted by molar-refractivity contribution is 0.276. The molecule has 1 aliphatic heterocycles. The molecule has 0 atom stereocenters. The first kappa shape index (κ1) is 19.2. The van der Waals surface area contributed by atoms with Crippen LogP contribution in [0.3, 0.4) is 0 Å². The Morgan fingerprint density at radius 1 is 1.00 bits per heavy atom. The summed E-state index contributed by atoms with van der Waals surface area (Å²) in [4.78, 5) is 4.72. The maximum Gasteiger partial charge on any atom is 0.0896 e. The molecule has 0 bridgehead atoms. The molecule has 0 radical (unpaired) electrons. The molecule has 4 heteroatoms. The number of hydrogen-bond donors (Lipinski definition) is 0. The van der Waals surface area contributed by atoms with E-state index in [4.69, 9.17) is 23.2 Å². The summed E-state index contributed by atoms with van der Waals surface area (Å²) in [6.07, 6.45) is 16.3. The summed E-state index contributed by atoms with van der Waals surface area (Å²) in [5.74, 6) is 0. The number of allylic oxidation sites excluding steroid dienone is 1. The fourth-order valence-electron chi connectivity index (χ4n) is 2.82. The van der Waals surface area contributed by atoms with Gasteiger partial charge in [-0.05, 0) is 24.5 Å². The van der Waals surface area contributed by atoms with E-state index in [1.807, 2.05) is 18.2 Å². The lowest BCUT2D eigenvalue weighted by Crippen LogP contribution is -2.26. The monoisotopic (exact) mass is 366 g/mol. The summed E-state index contributed by atoms with van der Waals surface area (Å²) in [5.41, 5.74) is 1.08. The highest BCUT2D eigenvalue weighted by atomic mass is 35.5. The van der Waals surface area contributed by atoms with Crippen molar-refractivity contribution < 1.29 is 0 Å². The second-order valence-corrected chi connectivity index (χ2v) is 7.11. The molecular formula is C20H28Cl2N2. The average molecular weight is 367 g/mol. The van der Waals surface area contributed by atoms with Gasteiger partial charge < -0.3 is 9.80 Å². The van der Waals surface area contributed by atoms with E-state index in [0.29, 0.717) is 10.0 Å². The maximum absolute atomic E-state index is 6.20. The van der Waals surface area contributed by atoms with Crippen LogP contribution in [0, 0.1) is 0 Å². The summed E-state index contributed by atoms with van der Waals surface area (Å²) < 4.78 is 0. The van der Waals surface area contributed by atoms with Crippen LogP contribution in [0.1, 0.15) is 44.6 Å². The van der Waals surface area contributed by atoms with Crippen molar-refractivity contribution >= 4 is 23.2 Å². The fraction of sp³-hybridized carbons (Fsp3) is 0.500. The van der Waals surface area contributed by atoms with Gasteiger partial charge in [-0.1, -0.05) is 80.1 Å². The van der Waals surface area contributed by atoms with Crippen LogP contribution >= 0.6 is 23.2 Å². The van der Waals surface area contributed by atoms with Gasteiger partial charge in [0.2, 0.25) is 0 Å². The molecule has 132 valence electrons. The third-order valence-corrected chi connectivity index (χ3v) is 5.13. The van der Waals surface area contributed by atoms with Crippen molar-refractivity contribution in [3.8, 4) is 0 Å². The SMILES string of the molecule is CCCCCCCN1C=CN(CC=CCc2cccc(Cl)c2Cl)C1. The predicted octanol–water partition coefficient (Wildman–Crippen LogP) is 6.11. The Morgan fingerprint density at radius 3 is 2.62 bits per heavy atom. The Balaban J connectivity index is 1.63. The van der Waals surface area contributed by atoms with Crippen molar-refractivity contribution in [2.75, 3.05) is 19.8 Å². The Morgan fingerprint density at radius 2 is 1.79 bits per heavy atom.